The zero-order valence-corrected chi connectivity index (χ0v) is 10.3. The molecule has 0 aliphatic rings. The summed E-state index contributed by atoms with van der Waals surface area (Å²) in [6, 6.07) is 4.96. The van der Waals surface area contributed by atoms with Gasteiger partial charge in [-0.05, 0) is 25.0 Å². The molecule has 0 radical (unpaired) electrons. The zero-order valence-electron chi connectivity index (χ0n) is 9.43. The summed E-state index contributed by atoms with van der Waals surface area (Å²) in [5.41, 5.74) is 0.902. The van der Waals surface area contributed by atoms with Gasteiger partial charge in [0, 0.05) is 6.07 Å². The minimum Gasteiger partial charge on any atom is -0.487 e. The van der Waals surface area contributed by atoms with Crippen LogP contribution in [0.5, 0.6) is 5.75 Å². The Bertz CT molecular complexity index is 345. The van der Waals surface area contributed by atoms with Crippen LogP contribution in [0.15, 0.2) is 18.2 Å². The van der Waals surface area contributed by atoms with Gasteiger partial charge in [0.05, 0.1) is 11.5 Å². The van der Waals surface area contributed by atoms with Gasteiger partial charge in [-0.3, -0.25) is 10.1 Å². The second-order valence-corrected chi connectivity index (χ2v) is 3.08. The molecule has 0 spiro atoms. The van der Waals surface area contributed by atoms with Gasteiger partial charge in [-0.25, -0.2) is 0 Å². The van der Waals surface area contributed by atoms with E-state index in [-0.39, 0.29) is 24.2 Å². The summed E-state index contributed by atoms with van der Waals surface area (Å²) >= 11 is 0. The summed E-state index contributed by atoms with van der Waals surface area (Å²) in [7, 11) is 0. The van der Waals surface area contributed by atoms with Crippen molar-refractivity contribution < 1.29 is 9.66 Å². The summed E-state index contributed by atoms with van der Waals surface area (Å²) in [5, 5.41) is 10.7. The van der Waals surface area contributed by atoms with Crippen molar-refractivity contribution in [1.29, 1.82) is 0 Å². The van der Waals surface area contributed by atoms with Gasteiger partial charge < -0.3 is 10.9 Å². The van der Waals surface area contributed by atoms with E-state index in [0.29, 0.717) is 12.4 Å². The van der Waals surface area contributed by atoms with E-state index in [1.807, 2.05) is 13.8 Å². The predicted molar refractivity (Wildman–Crippen MR) is 65.9 cm³/mol. The van der Waals surface area contributed by atoms with E-state index in [2.05, 4.69) is 0 Å². The van der Waals surface area contributed by atoms with Crippen LogP contribution in [0.25, 0.3) is 0 Å². The Morgan fingerprint density at radius 2 is 2.06 bits per heavy atom. The van der Waals surface area contributed by atoms with Gasteiger partial charge in [-0.2, -0.15) is 0 Å². The molecule has 0 aliphatic carbocycles. The summed E-state index contributed by atoms with van der Waals surface area (Å²) < 4.78 is 5.26. The molecule has 0 atom stereocenters. The minimum absolute atomic E-state index is 0. The number of rotatable bonds is 4. The average molecular weight is 249 g/mol. The molecule has 5 nitrogen and oxygen atoms in total. The van der Waals surface area contributed by atoms with Crippen molar-refractivity contribution >= 4 is 18.1 Å². The van der Waals surface area contributed by atoms with Crippen LogP contribution in [0.4, 0.5) is 5.69 Å². The molecule has 0 fully saturated rings. The number of nitrogens with zero attached hydrogens (tertiary/aromatic N) is 1. The van der Waals surface area contributed by atoms with Crippen LogP contribution in [0.3, 0.4) is 0 Å². The molecule has 0 heterocycles. The lowest BCUT2D eigenvalue weighted by atomic mass is 10.2. The molecule has 1 rings (SSSR count). The maximum absolute atomic E-state index is 10.7. The number of benzene rings is 1. The number of nitro benzene ring substituents is 1. The summed E-state index contributed by atoms with van der Waals surface area (Å²) in [5.74, 6) is 0.349. The summed E-state index contributed by atoms with van der Waals surface area (Å²) in [4.78, 5) is 10.2. The van der Waals surface area contributed by atoms with Crippen molar-refractivity contribution in [3.8, 4) is 5.75 Å². The second kappa shape index (κ2) is 7.90. The highest BCUT2D eigenvalue weighted by Crippen LogP contribution is 2.27. The van der Waals surface area contributed by atoms with Gasteiger partial charge in [0.25, 0.3) is 0 Å². The van der Waals surface area contributed by atoms with Crippen molar-refractivity contribution in [3.05, 3.63) is 33.9 Å². The monoisotopic (exact) mass is 248 g/mol. The molecule has 0 unspecified atom stereocenters. The first-order chi connectivity index (χ1) is 6.65. The first kappa shape index (κ1) is 17.1. The van der Waals surface area contributed by atoms with E-state index >= 15 is 0 Å². The molecule has 92 valence electrons. The Labute approximate surface area is 101 Å². The average Bonchev–Trinajstić information content (AvgIpc) is 2.15. The Hall–Kier alpha value is -1.33. The van der Waals surface area contributed by atoms with Crippen molar-refractivity contribution in [2.24, 2.45) is 0 Å². The molecule has 1 aromatic rings. The normalized spacial score (nSPS) is 8.62. The molecule has 0 bridgehead atoms. The summed E-state index contributed by atoms with van der Waals surface area (Å²) in [6.07, 6.45) is 0.838. The molecular weight excluding hydrogens is 232 g/mol. The number of nitro groups is 1. The van der Waals surface area contributed by atoms with Crippen molar-refractivity contribution in [2.75, 3.05) is 6.61 Å². The van der Waals surface area contributed by atoms with Gasteiger partial charge in [0.1, 0.15) is 0 Å². The Morgan fingerprint density at radius 1 is 1.44 bits per heavy atom. The van der Waals surface area contributed by atoms with Gasteiger partial charge in [-0.15, -0.1) is 12.4 Å². The fraction of sp³-hybridized carbons (Fsp3) is 0.400. The van der Waals surface area contributed by atoms with E-state index in [9.17, 15) is 10.1 Å². The number of hydrogen-bond acceptors (Lipinski definition) is 4. The highest BCUT2D eigenvalue weighted by molar-refractivity contribution is 5.85. The third kappa shape index (κ3) is 4.46. The van der Waals surface area contributed by atoms with E-state index in [1.54, 1.807) is 12.1 Å². The number of aryl methyl sites for hydroxylation is 1. The van der Waals surface area contributed by atoms with Crippen LogP contribution in [-0.2, 0) is 0 Å². The topological polar surface area (TPSA) is 87.4 Å². The van der Waals surface area contributed by atoms with Gasteiger partial charge in [0.2, 0.25) is 0 Å². The largest absolute Gasteiger partial charge is 0.487 e. The molecule has 1 aromatic carbocycles. The highest BCUT2D eigenvalue weighted by Gasteiger charge is 2.14. The molecule has 0 aliphatic heterocycles. The molecule has 6 heteroatoms. The molecule has 0 saturated heterocycles. The van der Waals surface area contributed by atoms with Crippen LogP contribution in [0, 0.1) is 17.0 Å². The zero-order chi connectivity index (χ0) is 10.6. The van der Waals surface area contributed by atoms with Crippen LogP contribution in [0.1, 0.15) is 18.9 Å². The lowest BCUT2D eigenvalue weighted by Gasteiger charge is -2.05. The smallest absolute Gasteiger partial charge is 0.311 e. The SMILES string of the molecule is CCCOc1ccc(C)cc1[N+](=O)[O-].Cl.N. The van der Waals surface area contributed by atoms with E-state index in [1.165, 1.54) is 6.07 Å². The molecule has 3 N–H and O–H groups in total. The van der Waals surface area contributed by atoms with E-state index < -0.39 is 4.92 Å². The quantitative estimate of drug-likeness (QED) is 0.654. The lowest BCUT2D eigenvalue weighted by molar-refractivity contribution is -0.385. The molecule has 0 amide bonds. The standard InChI is InChI=1S/C10H13NO3.ClH.H3N/c1-3-6-14-10-5-4-8(2)7-9(10)11(12)13;;/h4-5,7H,3,6H2,1-2H3;1H;1H3. The fourth-order valence-corrected chi connectivity index (χ4v) is 1.10. The van der Waals surface area contributed by atoms with Gasteiger partial charge >= 0.3 is 5.69 Å². The van der Waals surface area contributed by atoms with E-state index in [0.717, 1.165) is 12.0 Å². The Morgan fingerprint density at radius 3 is 2.56 bits per heavy atom. The van der Waals surface area contributed by atoms with Crippen molar-refractivity contribution in [3.63, 3.8) is 0 Å². The maximum Gasteiger partial charge on any atom is 0.311 e. The fourth-order valence-electron chi connectivity index (χ4n) is 1.10. The maximum atomic E-state index is 10.7. The van der Waals surface area contributed by atoms with Gasteiger partial charge in [-0.1, -0.05) is 13.0 Å². The molecular formula is C10H17ClN2O3. The van der Waals surface area contributed by atoms with Crippen molar-refractivity contribution in [2.45, 2.75) is 20.3 Å². The van der Waals surface area contributed by atoms with Crippen LogP contribution >= 0.6 is 12.4 Å². The predicted octanol–water partition coefficient (Wildman–Crippen LogP) is 3.28. The van der Waals surface area contributed by atoms with Gasteiger partial charge in [0.15, 0.2) is 5.75 Å². The first-order valence-corrected chi connectivity index (χ1v) is 4.53. The molecule has 0 aromatic heterocycles. The van der Waals surface area contributed by atoms with E-state index in [4.69, 9.17) is 4.74 Å². The van der Waals surface area contributed by atoms with Crippen LogP contribution in [0.2, 0.25) is 0 Å². The van der Waals surface area contributed by atoms with Crippen molar-refractivity contribution in [1.82, 2.24) is 6.15 Å². The lowest BCUT2D eigenvalue weighted by Crippen LogP contribution is -1.99. The third-order valence-corrected chi connectivity index (χ3v) is 1.77. The summed E-state index contributed by atoms with van der Waals surface area (Å²) in [6.45, 7) is 4.28. The first-order valence-electron chi connectivity index (χ1n) is 4.53. The Balaban J connectivity index is 0. The molecule has 16 heavy (non-hydrogen) atoms. The highest BCUT2D eigenvalue weighted by atomic mass is 35.5. The minimum atomic E-state index is -0.419. The van der Waals surface area contributed by atoms with Crippen LogP contribution < -0.4 is 10.9 Å². The molecule has 0 saturated carbocycles. The number of hydrogen-bond donors (Lipinski definition) is 1. The third-order valence-electron chi connectivity index (χ3n) is 1.77. The number of ether oxygens (including phenoxy) is 1. The second-order valence-electron chi connectivity index (χ2n) is 3.08. The Kier molecular flexibility index (Phi) is 8.43. The number of halogens is 1. The van der Waals surface area contributed by atoms with Crippen LogP contribution in [-0.4, -0.2) is 11.5 Å².